The summed E-state index contributed by atoms with van der Waals surface area (Å²) >= 11 is 4.95. The van der Waals surface area contributed by atoms with Crippen LogP contribution in [0.2, 0.25) is 0 Å². The number of nitrogens with two attached hydrogens (primary N) is 1. The Morgan fingerprint density at radius 2 is 2.25 bits per heavy atom. The van der Waals surface area contributed by atoms with Crippen LogP contribution >= 0.6 is 12.2 Å². The van der Waals surface area contributed by atoms with Crippen LogP contribution in [-0.4, -0.2) is 14.8 Å². The summed E-state index contributed by atoms with van der Waals surface area (Å²) in [7, 11) is 0. The third-order valence-electron chi connectivity index (χ3n) is 2.33. The fourth-order valence-corrected chi connectivity index (χ4v) is 1.69. The van der Waals surface area contributed by atoms with Crippen molar-refractivity contribution >= 4 is 17.2 Å². The van der Waals surface area contributed by atoms with Crippen molar-refractivity contribution in [2.24, 2.45) is 5.73 Å². The summed E-state index contributed by atoms with van der Waals surface area (Å²) in [6.45, 7) is 2.71. The predicted molar refractivity (Wildman–Crippen MR) is 68.4 cm³/mol. The van der Waals surface area contributed by atoms with E-state index in [1.54, 1.807) is 0 Å². The standard InChI is InChI=1S/C12H13N3S/c1-9-5-6-15(14-9)8-10-3-2-4-11(7-10)12(13)16/h2-7H,8H2,1H3,(H2,13,16). The molecule has 1 aromatic carbocycles. The lowest BCUT2D eigenvalue weighted by molar-refractivity contribution is 0.679. The Labute approximate surface area is 99.9 Å². The van der Waals surface area contributed by atoms with Crippen molar-refractivity contribution in [2.45, 2.75) is 13.5 Å². The van der Waals surface area contributed by atoms with Gasteiger partial charge >= 0.3 is 0 Å². The van der Waals surface area contributed by atoms with Gasteiger partial charge in [0, 0.05) is 11.8 Å². The number of thiocarbonyl (C=S) groups is 1. The van der Waals surface area contributed by atoms with Gasteiger partial charge in [0.1, 0.15) is 4.99 Å². The van der Waals surface area contributed by atoms with E-state index in [0.717, 1.165) is 23.4 Å². The molecule has 0 unspecified atom stereocenters. The van der Waals surface area contributed by atoms with Crippen molar-refractivity contribution in [3.63, 3.8) is 0 Å². The lowest BCUT2D eigenvalue weighted by Gasteiger charge is -2.04. The van der Waals surface area contributed by atoms with Crippen molar-refractivity contribution in [1.29, 1.82) is 0 Å². The van der Waals surface area contributed by atoms with Gasteiger partial charge in [-0.2, -0.15) is 5.10 Å². The molecule has 0 aliphatic carbocycles. The molecule has 4 heteroatoms. The van der Waals surface area contributed by atoms with E-state index < -0.39 is 0 Å². The zero-order valence-corrected chi connectivity index (χ0v) is 9.87. The maximum absolute atomic E-state index is 5.59. The average molecular weight is 231 g/mol. The van der Waals surface area contributed by atoms with Crippen LogP contribution in [-0.2, 0) is 6.54 Å². The third-order valence-corrected chi connectivity index (χ3v) is 2.57. The van der Waals surface area contributed by atoms with Gasteiger partial charge in [0.15, 0.2) is 0 Å². The van der Waals surface area contributed by atoms with Crippen LogP contribution in [0.25, 0.3) is 0 Å². The normalized spacial score (nSPS) is 10.3. The first-order valence-electron chi connectivity index (χ1n) is 5.04. The van der Waals surface area contributed by atoms with Crippen LogP contribution in [0.1, 0.15) is 16.8 Å². The lowest BCUT2D eigenvalue weighted by Crippen LogP contribution is -2.10. The highest BCUT2D eigenvalue weighted by molar-refractivity contribution is 7.80. The van der Waals surface area contributed by atoms with Gasteiger partial charge in [-0.25, -0.2) is 0 Å². The molecule has 16 heavy (non-hydrogen) atoms. The number of hydrogen-bond donors (Lipinski definition) is 1. The largest absolute Gasteiger partial charge is 0.389 e. The zero-order valence-electron chi connectivity index (χ0n) is 9.05. The van der Waals surface area contributed by atoms with Crippen molar-refractivity contribution in [3.8, 4) is 0 Å². The topological polar surface area (TPSA) is 43.8 Å². The second kappa shape index (κ2) is 4.45. The Morgan fingerprint density at radius 3 is 2.88 bits per heavy atom. The molecule has 2 rings (SSSR count). The molecule has 0 spiro atoms. The SMILES string of the molecule is Cc1ccn(Cc2cccc(C(N)=S)c2)n1. The molecule has 3 nitrogen and oxygen atoms in total. The van der Waals surface area contributed by atoms with Crippen LogP contribution < -0.4 is 5.73 Å². The van der Waals surface area contributed by atoms with E-state index in [4.69, 9.17) is 18.0 Å². The smallest absolute Gasteiger partial charge is 0.103 e. The molecule has 0 saturated carbocycles. The highest BCUT2D eigenvalue weighted by atomic mass is 32.1. The average Bonchev–Trinajstić information content (AvgIpc) is 2.64. The summed E-state index contributed by atoms with van der Waals surface area (Å²) in [5.74, 6) is 0. The summed E-state index contributed by atoms with van der Waals surface area (Å²) in [6.07, 6.45) is 1.96. The number of nitrogens with zero attached hydrogens (tertiary/aromatic N) is 2. The lowest BCUT2D eigenvalue weighted by atomic mass is 10.1. The van der Waals surface area contributed by atoms with Gasteiger partial charge in [0.25, 0.3) is 0 Å². The molecule has 0 saturated heterocycles. The predicted octanol–water partition coefficient (Wildman–Crippen LogP) is 1.87. The first-order valence-corrected chi connectivity index (χ1v) is 5.45. The van der Waals surface area contributed by atoms with Crippen LogP contribution in [0.3, 0.4) is 0 Å². The molecule has 0 fully saturated rings. The van der Waals surface area contributed by atoms with E-state index in [0.29, 0.717) is 4.99 Å². The summed E-state index contributed by atoms with van der Waals surface area (Å²) in [4.78, 5) is 0.429. The number of benzene rings is 1. The fraction of sp³-hybridized carbons (Fsp3) is 0.167. The van der Waals surface area contributed by atoms with Crippen molar-refractivity contribution in [2.75, 3.05) is 0 Å². The van der Waals surface area contributed by atoms with E-state index in [2.05, 4.69) is 5.10 Å². The summed E-state index contributed by atoms with van der Waals surface area (Å²) in [6, 6.07) is 9.90. The maximum Gasteiger partial charge on any atom is 0.103 e. The molecule has 1 heterocycles. The molecule has 0 bridgehead atoms. The Bertz CT molecular complexity index is 516. The fourth-order valence-electron chi connectivity index (χ4n) is 1.56. The van der Waals surface area contributed by atoms with Gasteiger partial charge in [0.2, 0.25) is 0 Å². The zero-order chi connectivity index (χ0) is 11.5. The molecule has 0 aliphatic heterocycles. The van der Waals surface area contributed by atoms with Crippen molar-refractivity contribution < 1.29 is 0 Å². The second-order valence-electron chi connectivity index (χ2n) is 3.72. The summed E-state index contributed by atoms with van der Waals surface area (Å²) in [5, 5.41) is 4.33. The Balaban J connectivity index is 2.21. The highest BCUT2D eigenvalue weighted by Gasteiger charge is 2.00. The van der Waals surface area contributed by atoms with E-state index in [1.165, 1.54) is 0 Å². The van der Waals surface area contributed by atoms with E-state index in [1.807, 2.05) is 48.1 Å². The number of rotatable bonds is 3. The first kappa shape index (κ1) is 10.8. The molecular formula is C12H13N3S. The van der Waals surface area contributed by atoms with Crippen molar-refractivity contribution in [3.05, 3.63) is 53.3 Å². The van der Waals surface area contributed by atoms with Crippen LogP contribution in [0.4, 0.5) is 0 Å². The van der Waals surface area contributed by atoms with Gasteiger partial charge in [-0.05, 0) is 24.6 Å². The minimum absolute atomic E-state index is 0.429. The second-order valence-corrected chi connectivity index (χ2v) is 4.16. The van der Waals surface area contributed by atoms with Crippen LogP contribution in [0.5, 0.6) is 0 Å². The van der Waals surface area contributed by atoms with Crippen LogP contribution in [0.15, 0.2) is 36.5 Å². The van der Waals surface area contributed by atoms with Gasteiger partial charge in [0.05, 0.1) is 12.2 Å². The molecule has 0 aliphatic rings. The number of hydrogen-bond acceptors (Lipinski definition) is 2. The molecule has 2 N–H and O–H groups in total. The third kappa shape index (κ3) is 2.46. The van der Waals surface area contributed by atoms with Crippen LogP contribution in [0, 0.1) is 6.92 Å². The van der Waals surface area contributed by atoms with E-state index in [9.17, 15) is 0 Å². The minimum atomic E-state index is 0.429. The quantitative estimate of drug-likeness (QED) is 0.820. The summed E-state index contributed by atoms with van der Waals surface area (Å²) < 4.78 is 1.90. The molecule has 0 radical (unpaired) electrons. The van der Waals surface area contributed by atoms with Crippen molar-refractivity contribution in [1.82, 2.24) is 9.78 Å². The van der Waals surface area contributed by atoms with Gasteiger partial charge in [-0.3, -0.25) is 4.68 Å². The molecule has 82 valence electrons. The first-order chi connectivity index (χ1) is 7.65. The summed E-state index contributed by atoms with van der Waals surface area (Å²) in [5.41, 5.74) is 8.65. The highest BCUT2D eigenvalue weighted by Crippen LogP contribution is 2.07. The number of aromatic nitrogens is 2. The molecular weight excluding hydrogens is 218 g/mol. The Kier molecular flexibility index (Phi) is 3.01. The Hall–Kier alpha value is -1.68. The molecule has 0 amide bonds. The number of aryl methyl sites for hydroxylation is 1. The molecule has 2 aromatic rings. The van der Waals surface area contributed by atoms with Gasteiger partial charge < -0.3 is 5.73 Å². The Morgan fingerprint density at radius 1 is 1.44 bits per heavy atom. The van der Waals surface area contributed by atoms with Gasteiger partial charge in [-0.15, -0.1) is 0 Å². The minimum Gasteiger partial charge on any atom is -0.389 e. The van der Waals surface area contributed by atoms with Gasteiger partial charge in [-0.1, -0.05) is 30.4 Å². The molecule has 1 aromatic heterocycles. The molecule has 0 atom stereocenters. The van der Waals surface area contributed by atoms with E-state index in [-0.39, 0.29) is 0 Å². The van der Waals surface area contributed by atoms with E-state index >= 15 is 0 Å². The monoisotopic (exact) mass is 231 g/mol. The maximum atomic E-state index is 5.59.